The minimum absolute atomic E-state index is 0.0296. The largest absolute Gasteiger partial charge is 0.444 e. The number of sulfone groups is 1. The van der Waals surface area contributed by atoms with Crippen LogP contribution in [0, 0.1) is 13.8 Å². The van der Waals surface area contributed by atoms with Crippen LogP contribution < -0.4 is 10.2 Å². The van der Waals surface area contributed by atoms with Crippen LogP contribution in [0.1, 0.15) is 31.9 Å². The molecule has 10 heteroatoms. The van der Waals surface area contributed by atoms with Gasteiger partial charge in [-0.05, 0) is 45.7 Å². The predicted molar refractivity (Wildman–Crippen MR) is 119 cm³/mol. The zero-order valence-corrected chi connectivity index (χ0v) is 19.4. The number of hydrogen-bond donors (Lipinski definition) is 1. The molecule has 1 aromatic rings. The molecule has 0 radical (unpaired) electrons. The predicted octanol–water partition coefficient (Wildman–Crippen LogP) is 2.43. The summed E-state index contributed by atoms with van der Waals surface area (Å²) in [4.78, 5) is 30.3. The van der Waals surface area contributed by atoms with Crippen molar-refractivity contribution in [2.75, 3.05) is 23.0 Å². The fourth-order valence-corrected chi connectivity index (χ4v) is 7.54. The maximum absolute atomic E-state index is 12.4. The van der Waals surface area contributed by atoms with E-state index in [1.165, 1.54) is 11.8 Å². The van der Waals surface area contributed by atoms with Crippen molar-refractivity contribution in [3.63, 3.8) is 0 Å². The van der Waals surface area contributed by atoms with Gasteiger partial charge in [-0.3, -0.25) is 4.79 Å². The Morgan fingerprint density at radius 3 is 2.47 bits per heavy atom. The van der Waals surface area contributed by atoms with Crippen molar-refractivity contribution in [2.45, 2.75) is 51.5 Å². The van der Waals surface area contributed by atoms with E-state index in [1.807, 2.05) is 36.9 Å². The third kappa shape index (κ3) is 5.15. The number of para-hydroxylation sites is 1. The number of nitrogens with zero attached hydrogens (tertiary/aromatic N) is 2. The first-order chi connectivity index (χ1) is 13.9. The van der Waals surface area contributed by atoms with Gasteiger partial charge in [-0.2, -0.15) is 4.99 Å². The Kier molecular flexibility index (Phi) is 6.20. The summed E-state index contributed by atoms with van der Waals surface area (Å²) in [6.07, 6.45) is -0.690. The Bertz CT molecular complexity index is 978. The molecule has 2 unspecified atom stereocenters. The van der Waals surface area contributed by atoms with Crippen LogP contribution in [0.25, 0.3) is 0 Å². The van der Waals surface area contributed by atoms with Crippen LogP contribution in [0.2, 0.25) is 0 Å². The van der Waals surface area contributed by atoms with E-state index >= 15 is 0 Å². The first kappa shape index (κ1) is 22.6. The van der Waals surface area contributed by atoms with Crippen LogP contribution in [0.3, 0.4) is 0 Å². The minimum Gasteiger partial charge on any atom is -0.444 e. The van der Waals surface area contributed by atoms with Crippen LogP contribution in [-0.4, -0.2) is 60.5 Å². The molecule has 0 spiro atoms. The van der Waals surface area contributed by atoms with E-state index in [-0.39, 0.29) is 29.3 Å². The molecule has 0 aromatic heterocycles. The van der Waals surface area contributed by atoms with Crippen molar-refractivity contribution in [1.29, 1.82) is 0 Å². The molecular weight excluding hydrogens is 426 g/mol. The molecule has 0 aliphatic carbocycles. The van der Waals surface area contributed by atoms with E-state index in [9.17, 15) is 18.0 Å². The summed E-state index contributed by atoms with van der Waals surface area (Å²) in [7, 11) is -3.14. The van der Waals surface area contributed by atoms with Crippen LogP contribution in [-0.2, 0) is 19.4 Å². The van der Waals surface area contributed by atoms with Crippen molar-refractivity contribution in [2.24, 2.45) is 4.99 Å². The molecule has 164 valence electrons. The van der Waals surface area contributed by atoms with E-state index in [1.54, 1.807) is 20.8 Å². The van der Waals surface area contributed by atoms with Gasteiger partial charge in [0.1, 0.15) is 12.1 Å². The molecule has 0 saturated carbocycles. The fourth-order valence-electron chi connectivity index (χ4n) is 3.62. The molecular formula is C20H27N3O5S2. The lowest BCUT2D eigenvalue weighted by Gasteiger charge is -2.28. The third-order valence-electron chi connectivity index (χ3n) is 4.75. The quantitative estimate of drug-likeness (QED) is 0.749. The molecule has 1 N–H and O–H groups in total. The van der Waals surface area contributed by atoms with Gasteiger partial charge in [-0.1, -0.05) is 30.0 Å². The highest BCUT2D eigenvalue weighted by Crippen LogP contribution is 2.42. The number of nitrogens with one attached hydrogen (secondary N) is 1. The van der Waals surface area contributed by atoms with Crippen LogP contribution in [0.4, 0.5) is 10.5 Å². The molecule has 2 heterocycles. The Morgan fingerprint density at radius 2 is 1.87 bits per heavy atom. The van der Waals surface area contributed by atoms with Crippen molar-refractivity contribution in [3.05, 3.63) is 29.3 Å². The normalized spacial score (nSPS) is 24.0. The molecule has 2 aliphatic rings. The van der Waals surface area contributed by atoms with Crippen molar-refractivity contribution >= 4 is 44.5 Å². The Morgan fingerprint density at radius 1 is 1.23 bits per heavy atom. The number of carbonyl (C=O) groups is 2. The molecule has 2 amide bonds. The summed E-state index contributed by atoms with van der Waals surface area (Å²) in [5, 5.41) is 2.70. The number of aryl methyl sites for hydroxylation is 2. The lowest BCUT2D eigenvalue weighted by Crippen LogP contribution is -2.39. The average Bonchev–Trinajstić information content (AvgIpc) is 3.03. The number of ether oxygens (including phenoxy) is 1. The number of hydrogen-bond acceptors (Lipinski definition) is 6. The van der Waals surface area contributed by atoms with E-state index in [0.717, 1.165) is 16.8 Å². The number of amides is 2. The summed E-state index contributed by atoms with van der Waals surface area (Å²) in [5.41, 5.74) is 2.17. The van der Waals surface area contributed by atoms with E-state index in [4.69, 9.17) is 4.74 Å². The van der Waals surface area contributed by atoms with E-state index in [0.29, 0.717) is 5.17 Å². The summed E-state index contributed by atoms with van der Waals surface area (Å²) >= 11 is 1.31. The van der Waals surface area contributed by atoms with Gasteiger partial charge in [-0.25, -0.2) is 13.2 Å². The van der Waals surface area contributed by atoms with Gasteiger partial charge in [0, 0.05) is 10.9 Å². The zero-order valence-electron chi connectivity index (χ0n) is 17.8. The number of thioether (sulfide) groups is 1. The SMILES string of the molecule is Cc1cccc(C)c1N1C(=NC(=O)CNC(=O)OC(C)(C)C)SC2CS(=O)(=O)CC21. The Balaban J connectivity index is 1.84. The second-order valence-corrected chi connectivity index (χ2v) is 11.9. The van der Waals surface area contributed by atoms with Crippen molar-refractivity contribution in [1.82, 2.24) is 5.32 Å². The average molecular weight is 454 g/mol. The van der Waals surface area contributed by atoms with Crippen molar-refractivity contribution in [3.8, 4) is 0 Å². The van der Waals surface area contributed by atoms with E-state index < -0.39 is 27.4 Å². The molecule has 2 fully saturated rings. The number of rotatable bonds is 3. The third-order valence-corrected chi connectivity index (χ3v) is 7.96. The molecule has 30 heavy (non-hydrogen) atoms. The fraction of sp³-hybridized carbons (Fsp3) is 0.550. The van der Waals surface area contributed by atoms with Gasteiger partial charge in [0.2, 0.25) is 0 Å². The Hall–Kier alpha value is -2.07. The number of benzene rings is 1. The summed E-state index contributed by atoms with van der Waals surface area (Å²) < 4.78 is 29.5. The minimum atomic E-state index is -3.14. The van der Waals surface area contributed by atoms with E-state index in [2.05, 4.69) is 10.3 Å². The van der Waals surface area contributed by atoms with Gasteiger partial charge in [0.15, 0.2) is 15.0 Å². The molecule has 1 aromatic carbocycles. The molecule has 8 nitrogen and oxygen atoms in total. The lowest BCUT2D eigenvalue weighted by molar-refractivity contribution is -0.117. The monoisotopic (exact) mass is 453 g/mol. The highest BCUT2D eigenvalue weighted by atomic mass is 32.2. The topological polar surface area (TPSA) is 105 Å². The molecule has 2 aliphatic heterocycles. The maximum Gasteiger partial charge on any atom is 0.408 e. The number of alkyl carbamates (subject to hydrolysis) is 1. The van der Waals surface area contributed by atoms with Crippen LogP contribution >= 0.6 is 11.8 Å². The van der Waals surface area contributed by atoms with Gasteiger partial charge in [-0.15, -0.1) is 0 Å². The molecule has 0 bridgehead atoms. The highest BCUT2D eigenvalue weighted by molar-refractivity contribution is 8.16. The number of anilines is 1. The van der Waals surface area contributed by atoms with Crippen LogP contribution in [0.15, 0.2) is 23.2 Å². The number of carbonyl (C=O) groups excluding carboxylic acids is 2. The second-order valence-electron chi connectivity index (χ2n) is 8.55. The second kappa shape index (κ2) is 8.22. The first-order valence-electron chi connectivity index (χ1n) is 9.67. The summed E-state index contributed by atoms with van der Waals surface area (Å²) in [6, 6.07) is 5.57. The first-order valence-corrected chi connectivity index (χ1v) is 12.4. The van der Waals surface area contributed by atoms with Crippen molar-refractivity contribution < 1.29 is 22.7 Å². The standard InChI is InChI=1S/C20H27N3O5S2/c1-12-7-6-8-13(2)17(12)23-14-10-30(26,27)11-15(14)29-18(23)22-16(24)9-21-19(25)28-20(3,4)5/h6-8,14-15H,9-11H2,1-5H3,(H,21,25). The summed E-state index contributed by atoms with van der Waals surface area (Å²) in [5.74, 6) is -0.433. The number of fused-ring (bicyclic) bond motifs is 1. The van der Waals surface area contributed by atoms with Gasteiger partial charge >= 0.3 is 6.09 Å². The molecule has 2 atom stereocenters. The van der Waals surface area contributed by atoms with Gasteiger partial charge in [0.25, 0.3) is 5.91 Å². The Labute approximate surface area is 181 Å². The highest BCUT2D eigenvalue weighted by Gasteiger charge is 2.49. The smallest absolute Gasteiger partial charge is 0.408 e. The molecule has 3 rings (SSSR count). The number of aliphatic imine (C=N–C) groups is 1. The summed E-state index contributed by atoms with van der Waals surface area (Å²) in [6.45, 7) is 8.81. The maximum atomic E-state index is 12.4. The van der Waals surface area contributed by atoms with Gasteiger partial charge < -0.3 is 15.0 Å². The number of amidine groups is 1. The zero-order chi connectivity index (χ0) is 22.3. The van der Waals surface area contributed by atoms with Gasteiger partial charge in [0.05, 0.1) is 17.5 Å². The lowest BCUT2D eigenvalue weighted by atomic mass is 10.1. The molecule has 2 saturated heterocycles. The van der Waals surface area contributed by atoms with Crippen LogP contribution in [0.5, 0.6) is 0 Å².